The van der Waals surface area contributed by atoms with E-state index in [4.69, 9.17) is 9.47 Å². The Morgan fingerprint density at radius 3 is 2.90 bits per heavy atom. The Kier molecular flexibility index (Phi) is 5.83. The second-order valence-electron chi connectivity index (χ2n) is 4.87. The van der Waals surface area contributed by atoms with E-state index in [0.717, 1.165) is 25.9 Å². The molecule has 1 aromatic rings. The molecule has 0 aliphatic carbocycles. The second kappa shape index (κ2) is 7.87. The van der Waals surface area contributed by atoms with Crippen molar-refractivity contribution >= 4 is 5.91 Å². The molecule has 0 aromatic heterocycles. The van der Waals surface area contributed by atoms with Gasteiger partial charge < -0.3 is 20.1 Å². The van der Waals surface area contributed by atoms with E-state index in [1.54, 1.807) is 19.2 Å². The van der Waals surface area contributed by atoms with Gasteiger partial charge in [-0.3, -0.25) is 4.79 Å². The molecule has 0 spiro atoms. The van der Waals surface area contributed by atoms with Crippen molar-refractivity contribution in [3.63, 3.8) is 0 Å². The van der Waals surface area contributed by atoms with Crippen LogP contribution in [0.15, 0.2) is 24.3 Å². The molecule has 1 aliphatic rings. The molecular formula is C15H22N2O3. The van der Waals surface area contributed by atoms with Gasteiger partial charge in [-0.1, -0.05) is 6.07 Å². The Morgan fingerprint density at radius 2 is 2.15 bits per heavy atom. The van der Waals surface area contributed by atoms with E-state index in [9.17, 15) is 4.79 Å². The molecule has 0 bridgehead atoms. The molecule has 1 aliphatic heterocycles. The van der Waals surface area contributed by atoms with Gasteiger partial charge in [-0.25, -0.2) is 0 Å². The molecule has 1 saturated heterocycles. The largest absolute Gasteiger partial charge is 0.491 e. The highest BCUT2D eigenvalue weighted by molar-refractivity contribution is 5.94. The smallest absolute Gasteiger partial charge is 0.251 e. The van der Waals surface area contributed by atoms with Crippen molar-refractivity contribution in [1.82, 2.24) is 10.6 Å². The summed E-state index contributed by atoms with van der Waals surface area (Å²) in [6.45, 7) is 2.94. The number of hydrogen-bond acceptors (Lipinski definition) is 4. The predicted molar refractivity (Wildman–Crippen MR) is 77.2 cm³/mol. The summed E-state index contributed by atoms with van der Waals surface area (Å²) in [4.78, 5) is 12.2. The van der Waals surface area contributed by atoms with Crippen LogP contribution >= 0.6 is 0 Å². The minimum absolute atomic E-state index is 0.0332. The SMILES string of the molecule is COCCOc1cccc(C(=O)NC2CCNCC2)c1. The monoisotopic (exact) mass is 278 g/mol. The van der Waals surface area contributed by atoms with Gasteiger partial charge in [0.25, 0.3) is 5.91 Å². The first-order valence-electron chi connectivity index (χ1n) is 7.03. The van der Waals surface area contributed by atoms with Crippen LogP contribution in [0.1, 0.15) is 23.2 Å². The maximum Gasteiger partial charge on any atom is 0.251 e. The van der Waals surface area contributed by atoms with Crippen LogP contribution in [0.5, 0.6) is 5.75 Å². The Bertz CT molecular complexity index is 431. The molecule has 5 nitrogen and oxygen atoms in total. The van der Waals surface area contributed by atoms with Gasteiger partial charge in [0.15, 0.2) is 0 Å². The first kappa shape index (κ1) is 14.8. The summed E-state index contributed by atoms with van der Waals surface area (Å²) in [6, 6.07) is 7.52. The molecule has 1 amide bonds. The van der Waals surface area contributed by atoms with Gasteiger partial charge in [0.1, 0.15) is 12.4 Å². The summed E-state index contributed by atoms with van der Waals surface area (Å²) in [5.74, 6) is 0.661. The maximum absolute atomic E-state index is 12.2. The summed E-state index contributed by atoms with van der Waals surface area (Å²) in [7, 11) is 1.63. The fourth-order valence-electron chi connectivity index (χ4n) is 2.20. The zero-order valence-electron chi connectivity index (χ0n) is 11.9. The number of piperidine rings is 1. The van der Waals surface area contributed by atoms with Crippen LogP contribution in [-0.4, -0.2) is 45.4 Å². The van der Waals surface area contributed by atoms with E-state index >= 15 is 0 Å². The Hall–Kier alpha value is -1.59. The average molecular weight is 278 g/mol. The third-order valence-electron chi connectivity index (χ3n) is 3.33. The molecule has 1 aromatic carbocycles. The third kappa shape index (κ3) is 4.51. The summed E-state index contributed by atoms with van der Waals surface area (Å²) in [5, 5.41) is 6.35. The van der Waals surface area contributed by atoms with Crippen molar-refractivity contribution < 1.29 is 14.3 Å². The lowest BCUT2D eigenvalue weighted by Gasteiger charge is -2.23. The maximum atomic E-state index is 12.2. The molecular weight excluding hydrogens is 256 g/mol. The lowest BCUT2D eigenvalue weighted by atomic mass is 10.1. The van der Waals surface area contributed by atoms with E-state index in [0.29, 0.717) is 24.5 Å². The predicted octanol–water partition coefficient (Wildman–Crippen LogP) is 1.19. The van der Waals surface area contributed by atoms with Gasteiger partial charge in [0, 0.05) is 18.7 Å². The van der Waals surface area contributed by atoms with E-state index in [1.165, 1.54) is 0 Å². The molecule has 0 saturated carbocycles. The van der Waals surface area contributed by atoms with Gasteiger partial charge in [-0.05, 0) is 44.1 Å². The lowest BCUT2D eigenvalue weighted by molar-refractivity contribution is 0.0929. The molecule has 1 heterocycles. The summed E-state index contributed by atoms with van der Waals surface area (Å²) < 4.78 is 10.4. The number of benzene rings is 1. The first-order chi connectivity index (χ1) is 9.79. The molecule has 5 heteroatoms. The van der Waals surface area contributed by atoms with E-state index in [1.807, 2.05) is 12.1 Å². The number of hydrogen-bond donors (Lipinski definition) is 2. The van der Waals surface area contributed by atoms with Gasteiger partial charge >= 0.3 is 0 Å². The van der Waals surface area contributed by atoms with E-state index in [-0.39, 0.29) is 11.9 Å². The Balaban J connectivity index is 1.89. The van der Waals surface area contributed by atoms with Crippen molar-refractivity contribution in [1.29, 1.82) is 0 Å². The first-order valence-corrected chi connectivity index (χ1v) is 7.03. The summed E-state index contributed by atoms with van der Waals surface area (Å²) >= 11 is 0. The van der Waals surface area contributed by atoms with Gasteiger partial charge in [0.2, 0.25) is 0 Å². The highest BCUT2D eigenvalue weighted by Gasteiger charge is 2.16. The van der Waals surface area contributed by atoms with Crippen LogP contribution in [-0.2, 0) is 4.74 Å². The zero-order chi connectivity index (χ0) is 14.2. The summed E-state index contributed by atoms with van der Waals surface area (Å²) in [5.41, 5.74) is 0.637. The minimum atomic E-state index is -0.0332. The molecule has 0 atom stereocenters. The van der Waals surface area contributed by atoms with Crippen LogP contribution in [0.2, 0.25) is 0 Å². The average Bonchev–Trinajstić information content (AvgIpc) is 2.49. The lowest BCUT2D eigenvalue weighted by Crippen LogP contribution is -2.42. The standard InChI is InChI=1S/C15H22N2O3/c1-19-9-10-20-14-4-2-3-12(11-14)15(18)17-13-5-7-16-8-6-13/h2-4,11,13,16H,5-10H2,1H3,(H,17,18). The quantitative estimate of drug-likeness (QED) is 0.768. The van der Waals surface area contributed by atoms with E-state index < -0.39 is 0 Å². The number of nitrogens with one attached hydrogen (secondary N) is 2. The van der Waals surface area contributed by atoms with Crippen LogP contribution in [0.4, 0.5) is 0 Å². The van der Waals surface area contributed by atoms with Crippen molar-refractivity contribution in [2.45, 2.75) is 18.9 Å². The Morgan fingerprint density at radius 1 is 1.35 bits per heavy atom. The normalized spacial score (nSPS) is 15.8. The van der Waals surface area contributed by atoms with Crippen LogP contribution in [0.25, 0.3) is 0 Å². The zero-order valence-corrected chi connectivity index (χ0v) is 11.9. The van der Waals surface area contributed by atoms with Gasteiger partial charge in [-0.15, -0.1) is 0 Å². The number of methoxy groups -OCH3 is 1. The fourth-order valence-corrected chi connectivity index (χ4v) is 2.20. The van der Waals surface area contributed by atoms with Crippen molar-refractivity contribution in [3.05, 3.63) is 29.8 Å². The topological polar surface area (TPSA) is 59.6 Å². The molecule has 0 radical (unpaired) electrons. The highest BCUT2D eigenvalue weighted by Crippen LogP contribution is 2.14. The fraction of sp³-hybridized carbons (Fsp3) is 0.533. The van der Waals surface area contributed by atoms with E-state index in [2.05, 4.69) is 10.6 Å². The Labute approximate surface area is 119 Å². The number of carbonyl (C=O) groups is 1. The second-order valence-corrected chi connectivity index (χ2v) is 4.87. The highest BCUT2D eigenvalue weighted by atomic mass is 16.5. The molecule has 110 valence electrons. The number of carbonyl (C=O) groups excluding carboxylic acids is 1. The van der Waals surface area contributed by atoms with Crippen LogP contribution < -0.4 is 15.4 Å². The number of amides is 1. The van der Waals surface area contributed by atoms with Gasteiger partial charge in [0.05, 0.1) is 6.61 Å². The van der Waals surface area contributed by atoms with Crippen molar-refractivity contribution in [2.24, 2.45) is 0 Å². The summed E-state index contributed by atoms with van der Waals surface area (Å²) in [6.07, 6.45) is 1.96. The molecule has 1 fully saturated rings. The molecule has 20 heavy (non-hydrogen) atoms. The van der Waals surface area contributed by atoms with Crippen LogP contribution in [0, 0.1) is 0 Å². The van der Waals surface area contributed by atoms with Gasteiger partial charge in [-0.2, -0.15) is 0 Å². The molecule has 0 unspecified atom stereocenters. The number of rotatable bonds is 6. The molecule has 2 N–H and O–H groups in total. The minimum Gasteiger partial charge on any atom is -0.491 e. The van der Waals surface area contributed by atoms with Crippen molar-refractivity contribution in [2.75, 3.05) is 33.4 Å². The van der Waals surface area contributed by atoms with Crippen molar-refractivity contribution in [3.8, 4) is 5.75 Å². The third-order valence-corrected chi connectivity index (χ3v) is 3.33. The number of ether oxygens (including phenoxy) is 2. The molecule has 2 rings (SSSR count). The van der Waals surface area contributed by atoms with Crippen LogP contribution in [0.3, 0.4) is 0 Å².